The van der Waals surface area contributed by atoms with Gasteiger partial charge in [0.15, 0.2) is 0 Å². The number of carbonyl (C=O) groups excluding carboxylic acids is 1. The number of amides is 1. The Hall–Kier alpha value is -3.17. The zero-order valence-electron chi connectivity index (χ0n) is 20.7. The van der Waals surface area contributed by atoms with E-state index in [1.165, 1.54) is 20.2 Å². The molecular formula is C26H33N5O3S. The Bertz CT molecular complexity index is 1310. The third-order valence-electron chi connectivity index (χ3n) is 6.24. The maximum Gasteiger partial charge on any atom is 0.257 e. The van der Waals surface area contributed by atoms with Crippen LogP contribution in [0.4, 0.5) is 11.4 Å². The van der Waals surface area contributed by atoms with Crippen LogP contribution < -0.4 is 10.2 Å². The largest absolute Gasteiger partial charge is 0.371 e. The van der Waals surface area contributed by atoms with Gasteiger partial charge in [-0.2, -0.15) is 0 Å². The zero-order chi connectivity index (χ0) is 25.2. The first kappa shape index (κ1) is 24.9. The third-order valence-corrected chi connectivity index (χ3v) is 8.05. The second-order valence-corrected chi connectivity index (χ2v) is 11.5. The fraction of sp³-hybridized carbons (Fsp3) is 0.385. The van der Waals surface area contributed by atoms with E-state index in [1.54, 1.807) is 18.3 Å². The molecule has 0 unspecified atom stereocenters. The molecule has 186 valence electrons. The smallest absolute Gasteiger partial charge is 0.257 e. The Morgan fingerprint density at radius 3 is 2.54 bits per heavy atom. The summed E-state index contributed by atoms with van der Waals surface area (Å²) in [5.74, 6) is 0.988. The lowest BCUT2D eigenvalue weighted by Crippen LogP contribution is -2.25. The summed E-state index contributed by atoms with van der Waals surface area (Å²) in [6.45, 7) is 6.56. The van der Waals surface area contributed by atoms with Crippen molar-refractivity contribution < 1.29 is 13.2 Å². The topological polar surface area (TPSA) is 87.5 Å². The molecule has 0 atom stereocenters. The summed E-state index contributed by atoms with van der Waals surface area (Å²) in [6.07, 6.45) is 5.86. The number of nitrogens with one attached hydrogen (secondary N) is 1. The molecule has 9 heteroatoms. The first-order valence-electron chi connectivity index (χ1n) is 11.9. The van der Waals surface area contributed by atoms with Crippen molar-refractivity contribution in [2.45, 2.75) is 44.0 Å². The van der Waals surface area contributed by atoms with Crippen molar-refractivity contribution in [2.24, 2.45) is 0 Å². The molecule has 0 spiro atoms. The Morgan fingerprint density at radius 1 is 1.11 bits per heavy atom. The van der Waals surface area contributed by atoms with E-state index in [2.05, 4.69) is 33.6 Å². The number of benzene rings is 2. The molecule has 1 N–H and O–H groups in total. The van der Waals surface area contributed by atoms with Crippen LogP contribution >= 0.6 is 0 Å². The Labute approximate surface area is 207 Å². The molecule has 3 aromatic rings. The van der Waals surface area contributed by atoms with Gasteiger partial charge in [-0.15, -0.1) is 0 Å². The maximum absolute atomic E-state index is 13.5. The van der Waals surface area contributed by atoms with Crippen LogP contribution in [0, 0.1) is 0 Å². The minimum atomic E-state index is -3.67. The molecule has 2 heterocycles. The second-order valence-electron chi connectivity index (χ2n) is 9.38. The van der Waals surface area contributed by atoms with E-state index < -0.39 is 10.0 Å². The number of hydrogen-bond acceptors (Lipinski definition) is 5. The lowest BCUT2D eigenvalue weighted by atomic mass is 10.1. The van der Waals surface area contributed by atoms with E-state index in [-0.39, 0.29) is 10.8 Å². The van der Waals surface area contributed by atoms with Gasteiger partial charge in [-0.1, -0.05) is 26.0 Å². The summed E-state index contributed by atoms with van der Waals surface area (Å²) >= 11 is 0. The van der Waals surface area contributed by atoms with E-state index in [1.807, 2.05) is 30.5 Å². The summed E-state index contributed by atoms with van der Waals surface area (Å²) in [5.41, 5.74) is 2.81. The molecular weight excluding hydrogens is 462 g/mol. The van der Waals surface area contributed by atoms with Crippen molar-refractivity contribution in [3.05, 3.63) is 71.8 Å². The number of rotatable bonds is 8. The lowest BCUT2D eigenvalue weighted by Gasteiger charge is -2.22. The van der Waals surface area contributed by atoms with E-state index in [9.17, 15) is 13.2 Å². The molecule has 0 bridgehead atoms. The summed E-state index contributed by atoms with van der Waals surface area (Å²) in [5, 5.41) is 2.99. The molecule has 1 saturated heterocycles. The van der Waals surface area contributed by atoms with Crippen LogP contribution in [-0.2, 0) is 16.6 Å². The van der Waals surface area contributed by atoms with Crippen molar-refractivity contribution in [3.63, 3.8) is 0 Å². The minimum Gasteiger partial charge on any atom is -0.371 e. The van der Waals surface area contributed by atoms with Crippen molar-refractivity contribution >= 4 is 27.3 Å². The van der Waals surface area contributed by atoms with Gasteiger partial charge in [0, 0.05) is 63.4 Å². The predicted octanol–water partition coefficient (Wildman–Crippen LogP) is 4.16. The van der Waals surface area contributed by atoms with Crippen LogP contribution in [0.3, 0.4) is 0 Å². The Balaban J connectivity index is 1.62. The Morgan fingerprint density at radius 2 is 1.86 bits per heavy atom. The number of hydrogen-bond donors (Lipinski definition) is 1. The molecule has 8 nitrogen and oxygen atoms in total. The molecule has 1 aliphatic rings. The highest BCUT2D eigenvalue weighted by Gasteiger charge is 2.24. The summed E-state index contributed by atoms with van der Waals surface area (Å²) in [4.78, 5) is 20.1. The first-order chi connectivity index (χ1) is 16.7. The molecule has 0 aliphatic carbocycles. The quantitative estimate of drug-likeness (QED) is 0.507. The van der Waals surface area contributed by atoms with E-state index in [4.69, 9.17) is 0 Å². The van der Waals surface area contributed by atoms with E-state index in [0.717, 1.165) is 47.3 Å². The van der Waals surface area contributed by atoms with Crippen molar-refractivity contribution in [2.75, 3.05) is 37.4 Å². The number of sulfonamides is 1. The summed E-state index contributed by atoms with van der Waals surface area (Å²) in [7, 11) is -0.695. The number of carbonyl (C=O) groups is 1. The molecule has 1 fully saturated rings. The molecule has 2 aromatic carbocycles. The fourth-order valence-electron chi connectivity index (χ4n) is 4.40. The standard InChI is InChI=1S/C26H33N5O3S/c1-19(2)25-27-12-15-31(25)18-20-8-7-9-21(16-20)28-26(32)23-17-22(35(33,34)29(3)4)10-11-24(23)30-13-5-6-14-30/h7-12,15-17,19H,5-6,13-14,18H2,1-4H3,(H,28,32). The highest BCUT2D eigenvalue weighted by Crippen LogP contribution is 2.29. The zero-order valence-corrected chi connectivity index (χ0v) is 21.5. The predicted molar refractivity (Wildman–Crippen MR) is 139 cm³/mol. The summed E-state index contributed by atoms with van der Waals surface area (Å²) in [6, 6.07) is 12.5. The highest BCUT2D eigenvalue weighted by atomic mass is 32.2. The highest BCUT2D eigenvalue weighted by molar-refractivity contribution is 7.89. The molecule has 0 radical (unpaired) electrons. The molecule has 1 aromatic heterocycles. The van der Waals surface area contributed by atoms with Crippen LogP contribution in [0.5, 0.6) is 0 Å². The average molecular weight is 496 g/mol. The van der Waals surface area contributed by atoms with E-state index >= 15 is 0 Å². The number of imidazole rings is 1. The molecule has 35 heavy (non-hydrogen) atoms. The van der Waals surface area contributed by atoms with Gasteiger partial charge in [0.25, 0.3) is 5.91 Å². The van der Waals surface area contributed by atoms with Gasteiger partial charge in [0.05, 0.1) is 10.5 Å². The fourth-order valence-corrected chi connectivity index (χ4v) is 5.33. The Kier molecular flexibility index (Phi) is 7.28. The monoisotopic (exact) mass is 495 g/mol. The third kappa shape index (κ3) is 5.41. The summed E-state index contributed by atoms with van der Waals surface area (Å²) < 4.78 is 28.7. The molecule has 4 rings (SSSR count). The van der Waals surface area contributed by atoms with Gasteiger partial charge in [0.2, 0.25) is 10.0 Å². The van der Waals surface area contributed by atoms with Gasteiger partial charge in [-0.05, 0) is 48.7 Å². The minimum absolute atomic E-state index is 0.102. The van der Waals surface area contributed by atoms with Crippen LogP contribution in [0.2, 0.25) is 0 Å². The van der Waals surface area contributed by atoms with Crippen LogP contribution in [0.25, 0.3) is 0 Å². The van der Waals surface area contributed by atoms with E-state index in [0.29, 0.717) is 23.7 Å². The van der Waals surface area contributed by atoms with Crippen molar-refractivity contribution in [3.8, 4) is 0 Å². The van der Waals surface area contributed by atoms with Crippen molar-refractivity contribution in [1.29, 1.82) is 0 Å². The van der Waals surface area contributed by atoms with Gasteiger partial charge in [-0.3, -0.25) is 4.79 Å². The maximum atomic E-state index is 13.5. The van der Waals surface area contributed by atoms with Crippen molar-refractivity contribution in [1.82, 2.24) is 13.9 Å². The lowest BCUT2D eigenvalue weighted by molar-refractivity contribution is 0.102. The number of aromatic nitrogens is 2. The normalized spacial score (nSPS) is 14.2. The number of anilines is 2. The van der Waals surface area contributed by atoms with Gasteiger partial charge in [-0.25, -0.2) is 17.7 Å². The van der Waals surface area contributed by atoms with Crippen LogP contribution in [0.15, 0.2) is 59.8 Å². The van der Waals surface area contributed by atoms with Gasteiger partial charge >= 0.3 is 0 Å². The average Bonchev–Trinajstić information content (AvgIpc) is 3.51. The van der Waals surface area contributed by atoms with Gasteiger partial charge < -0.3 is 14.8 Å². The number of nitrogens with zero attached hydrogens (tertiary/aromatic N) is 4. The molecule has 1 amide bonds. The first-order valence-corrected chi connectivity index (χ1v) is 13.3. The molecule has 1 aliphatic heterocycles. The van der Waals surface area contributed by atoms with Gasteiger partial charge in [0.1, 0.15) is 5.82 Å². The second kappa shape index (κ2) is 10.2. The SMILES string of the molecule is CC(C)c1nccn1Cc1cccc(NC(=O)c2cc(S(=O)(=O)N(C)C)ccc2N2CCCC2)c1. The molecule has 0 saturated carbocycles. The van der Waals surface area contributed by atoms with Crippen LogP contribution in [-0.4, -0.2) is 55.4 Å². The van der Waals surface area contributed by atoms with Crippen LogP contribution in [0.1, 0.15) is 54.4 Å².